The van der Waals surface area contributed by atoms with Crippen LogP contribution >= 0.6 is 0 Å². The van der Waals surface area contributed by atoms with Gasteiger partial charge in [0.05, 0.1) is 11.4 Å². The Morgan fingerprint density at radius 2 is 1.89 bits per heavy atom. The molecule has 0 fully saturated rings. The quantitative estimate of drug-likeness (QED) is 0.809. The van der Waals surface area contributed by atoms with Gasteiger partial charge in [0.2, 0.25) is 0 Å². The van der Waals surface area contributed by atoms with Crippen molar-refractivity contribution in [3.63, 3.8) is 0 Å². The van der Waals surface area contributed by atoms with E-state index < -0.39 is 0 Å². The second-order valence-electron chi connectivity index (χ2n) is 4.53. The van der Waals surface area contributed by atoms with E-state index in [0.29, 0.717) is 12.1 Å². The normalized spacial score (nSPS) is 10.4. The molecule has 0 spiro atoms. The summed E-state index contributed by atoms with van der Waals surface area (Å²) in [5.74, 6) is -0.173. The molecule has 2 aromatic carbocycles. The van der Waals surface area contributed by atoms with E-state index in [9.17, 15) is 4.39 Å². The Morgan fingerprint density at radius 3 is 2.56 bits per heavy atom. The van der Waals surface area contributed by atoms with Crippen molar-refractivity contribution >= 4 is 11.4 Å². The molecule has 3 N–H and O–H groups in total. The topological polar surface area (TPSA) is 38.0 Å². The van der Waals surface area contributed by atoms with Crippen LogP contribution in [0.5, 0.6) is 0 Å². The van der Waals surface area contributed by atoms with Crippen LogP contribution in [0, 0.1) is 19.7 Å². The fraction of sp³-hybridized carbons (Fsp3) is 0.200. The molecule has 94 valence electrons. The molecular weight excluding hydrogens is 227 g/mol. The predicted octanol–water partition coefficient (Wildman–Crippen LogP) is 3.64. The van der Waals surface area contributed by atoms with Crippen molar-refractivity contribution in [1.29, 1.82) is 0 Å². The zero-order valence-corrected chi connectivity index (χ0v) is 10.6. The molecule has 2 rings (SSSR count). The maximum atomic E-state index is 13.1. The average Bonchev–Trinajstić information content (AvgIpc) is 2.32. The molecule has 0 atom stereocenters. The summed E-state index contributed by atoms with van der Waals surface area (Å²) in [6, 6.07) is 11.0. The number of nitrogens with two attached hydrogens (primary N) is 1. The van der Waals surface area contributed by atoms with E-state index in [1.165, 1.54) is 6.07 Å². The Hall–Kier alpha value is -2.03. The lowest BCUT2D eigenvalue weighted by Gasteiger charge is -2.10. The maximum absolute atomic E-state index is 13.1. The number of hydrogen-bond acceptors (Lipinski definition) is 2. The van der Waals surface area contributed by atoms with Gasteiger partial charge in [0.15, 0.2) is 0 Å². The van der Waals surface area contributed by atoms with Crippen molar-refractivity contribution in [3.05, 3.63) is 58.9 Å². The van der Waals surface area contributed by atoms with Crippen LogP contribution in [0.25, 0.3) is 0 Å². The van der Waals surface area contributed by atoms with E-state index in [0.717, 1.165) is 22.5 Å². The van der Waals surface area contributed by atoms with Gasteiger partial charge in [0, 0.05) is 6.54 Å². The van der Waals surface area contributed by atoms with Crippen molar-refractivity contribution in [2.45, 2.75) is 20.4 Å². The third kappa shape index (κ3) is 2.80. The Balaban J connectivity index is 2.09. The van der Waals surface area contributed by atoms with Crippen molar-refractivity contribution in [3.8, 4) is 0 Å². The zero-order chi connectivity index (χ0) is 13.1. The minimum atomic E-state index is -0.173. The van der Waals surface area contributed by atoms with Gasteiger partial charge < -0.3 is 11.1 Å². The smallest absolute Gasteiger partial charge is 0.126 e. The predicted molar refractivity (Wildman–Crippen MR) is 74.1 cm³/mol. The maximum Gasteiger partial charge on any atom is 0.126 e. The number of nitrogen functional groups attached to an aromatic ring is 1. The zero-order valence-electron chi connectivity index (χ0n) is 10.6. The molecule has 0 saturated carbocycles. The Labute approximate surface area is 107 Å². The molecule has 0 aromatic heterocycles. The third-order valence-corrected chi connectivity index (χ3v) is 2.91. The van der Waals surface area contributed by atoms with E-state index in [4.69, 9.17) is 5.73 Å². The van der Waals surface area contributed by atoms with Gasteiger partial charge in [-0.05, 0) is 48.7 Å². The minimum absolute atomic E-state index is 0.173. The van der Waals surface area contributed by atoms with Crippen LogP contribution in [0.2, 0.25) is 0 Å². The number of halogens is 1. The van der Waals surface area contributed by atoms with Crippen LogP contribution in [0.3, 0.4) is 0 Å². The number of rotatable bonds is 3. The molecule has 0 heterocycles. The number of hydrogen-bond donors (Lipinski definition) is 2. The molecule has 0 amide bonds. The highest BCUT2D eigenvalue weighted by molar-refractivity contribution is 5.66. The first-order chi connectivity index (χ1) is 8.56. The highest BCUT2D eigenvalue weighted by Crippen LogP contribution is 2.20. The average molecular weight is 244 g/mol. The lowest BCUT2D eigenvalue weighted by molar-refractivity contribution is 0.617. The van der Waals surface area contributed by atoms with Crippen molar-refractivity contribution < 1.29 is 4.39 Å². The third-order valence-electron chi connectivity index (χ3n) is 2.91. The van der Waals surface area contributed by atoms with E-state index in [-0.39, 0.29) is 5.82 Å². The summed E-state index contributed by atoms with van der Waals surface area (Å²) in [5, 5.41) is 3.26. The lowest BCUT2D eigenvalue weighted by Crippen LogP contribution is -2.03. The molecule has 0 bridgehead atoms. The summed E-state index contributed by atoms with van der Waals surface area (Å²) < 4.78 is 13.1. The molecule has 2 nitrogen and oxygen atoms in total. The minimum Gasteiger partial charge on any atom is -0.397 e. The first-order valence-electron chi connectivity index (χ1n) is 5.91. The van der Waals surface area contributed by atoms with Gasteiger partial charge in [-0.25, -0.2) is 4.39 Å². The van der Waals surface area contributed by atoms with Gasteiger partial charge in [-0.15, -0.1) is 0 Å². The van der Waals surface area contributed by atoms with Gasteiger partial charge in [0.25, 0.3) is 0 Å². The Morgan fingerprint density at radius 1 is 1.11 bits per heavy atom. The van der Waals surface area contributed by atoms with Gasteiger partial charge in [-0.1, -0.05) is 18.2 Å². The first kappa shape index (κ1) is 12.4. The monoisotopic (exact) mass is 244 g/mol. The number of benzene rings is 2. The summed E-state index contributed by atoms with van der Waals surface area (Å²) in [6.07, 6.45) is 0. The summed E-state index contributed by atoms with van der Waals surface area (Å²) in [5.41, 5.74) is 10.4. The highest BCUT2D eigenvalue weighted by atomic mass is 19.1. The summed E-state index contributed by atoms with van der Waals surface area (Å²) in [6.45, 7) is 4.40. The number of anilines is 2. The van der Waals surface area contributed by atoms with Gasteiger partial charge in [-0.3, -0.25) is 0 Å². The van der Waals surface area contributed by atoms with Crippen LogP contribution < -0.4 is 11.1 Å². The lowest BCUT2D eigenvalue weighted by atomic mass is 10.1. The summed E-state index contributed by atoms with van der Waals surface area (Å²) >= 11 is 0. The van der Waals surface area contributed by atoms with Gasteiger partial charge in [0.1, 0.15) is 5.82 Å². The van der Waals surface area contributed by atoms with Crippen molar-refractivity contribution in [2.75, 3.05) is 11.1 Å². The largest absolute Gasteiger partial charge is 0.397 e. The molecule has 0 radical (unpaired) electrons. The second-order valence-corrected chi connectivity index (χ2v) is 4.53. The molecule has 3 heteroatoms. The first-order valence-corrected chi connectivity index (χ1v) is 5.91. The molecule has 0 aliphatic rings. The standard InChI is InChI=1S/C15H17FN2/c1-10-3-6-15(14(17)7-10)18-9-12-4-5-13(16)11(2)8-12/h3-8,18H,9,17H2,1-2H3. The molecule has 0 aliphatic heterocycles. The fourth-order valence-electron chi connectivity index (χ4n) is 1.86. The van der Waals surface area contributed by atoms with E-state index in [2.05, 4.69) is 5.32 Å². The van der Waals surface area contributed by atoms with Crippen LogP contribution in [0.4, 0.5) is 15.8 Å². The van der Waals surface area contributed by atoms with Crippen molar-refractivity contribution in [2.24, 2.45) is 0 Å². The molecule has 0 saturated heterocycles. The van der Waals surface area contributed by atoms with Gasteiger partial charge >= 0.3 is 0 Å². The molecular formula is C15H17FN2. The molecule has 18 heavy (non-hydrogen) atoms. The Kier molecular flexibility index (Phi) is 3.51. The Bertz CT molecular complexity index is 564. The molecule has 0 unspecified atom stereocenters. The molecule has 0 aliphatic carbocycles. The second kappa shape index (κ2) is 5.08. The van der Waals surface area contributed by atoms with E-state index in [1.807, 2.05) is 31.2 Å². The van der Waals surface area contributed by atoms with Gasteiger partial charge in [-0.2, -0.15) is 0 Å². The van der Waals surface area contributed by atoms with E-state index >= 15 is 0 Å². The van der Waals surface area contributed by atoms with Crippen LogP contribution in [-0.2, 0) is 6.54 Å². The fourth-order valence-corrected chi connectivity index (χ4v) is 1.86. The number of nitrogens with one attached hydrogen (secondary N) is 1. The highest BCUT2D eigenvalue weighted by Gasteiger charge is 2.01. The molecule has 2 aromatic rings. The van der Waals surface area contributed by atoms with Crippen molar-refractivity contribution in [1.82, 2.24) is 0 Å². The van der Waals surface area contributed by atoms with E-state index in [1.54, 1.807) is 13.0 Å². The summed E-state index contributed by atoms with van der Waals surface area (Å²) in [4.78, 5) is 0. The van der Waals surface area contributed by atoms with Crippen LogP contribution in [-0.4, -0.2) is 0 Å². The van der Waals surface area contributed by atoms with Crippen LogP contribution in [0.15, 0.2) is 36.4 Å². The number of aryl methyl sites for hydroxylation is 2. The summed E-state index contributed by atoms with van der Waals surface area (Å²) in [7, 11) is 0. The SMILES string of the molecule is Cc1ccc(NCc2ccc(F)c(C)c2)c(N)c1. The van der Waals surface area contributed by atoms with Crippen LogP contribution in [0.1, 0.15) is 16.7 Å².